The number of para-hydroxylation sites is 3. The molecule has 3 heterocycles. The van der Waals surface area contributed by atoms with Gasteiger partial charge in [0.25, 0.3) is 0 Å². The Morgan fingerprint density at radius 2 is 0.927 bits per heavy atom. The van der Waals surface area contributed by atoms with Crippen LogP contribution in [0.4, 0.5) is 0 Å². The minimum atomic E-state index is 1.17. The average molecular weight is 541 g/mol. The molecule has 192 valence electrons. The van der Waals surface area contributed by atoms with E-state index in [-0.39, 0.29) is 0 Å². The Morgan fingerprint density at radius 3 is 1.61 bits per heavy atom. The molecule has 0 unspecified atom stereocenters. The standard InChI is InChI=1S/C38H24N2S/c1-2-11-26(12-3-1)39-33-18-7-4-14-31(33)37-36(39)32-15-5-8-19-34(32)40(37)27-23-21-25(22-24-27)28-16-10-17-30-29-13-6-9-20-35(29)41-38(28)30/h1-24H. The predicted molar refractivity (Wildman–Crippen MR) is 176 cm³/mol. The highest BCUT2D eigenvalue weighted by molar-refractivity contribution is 7.26. The van der Waals surface area contributed by atoms with Crippen LogP contribution in [-0.2, 0) is 0 Å². The van der Waals surface area contributed by atoms with Crippen LogP contribution >= 0.6 is 11.3 Å². The Hall–Kier alpha value is -5.12. The quantitative estimate of drug-likeness (QED) is 0.211. The zero-order chi connectivity index (χ0) is 26.9. The molecule has 2 nitrogen and oxygen atoms in total. The molecule has 0 aliphatic rings. The van der Waals surface area contributed by atoms with E-state index in [0.717, 1.165) is 0 Å². The number of fused-ring (bicyclic) bond motifs is 8. The predicted octanol–water partition coefficient (Wildman–Crippen LogP) is 10.8. The molecule has 0 atom stereocenters. The zero-order valence-electron chi connectivity index (χ0n) is 22.2. The lowest BCUT2D eigenvalue weighted by Crippen LogP contribution is -1.93. The van der Waals surface area contributed by atoms with Crippen molar-refractivity contribution in [3.8, 4) is 22.5 Å². The first kappa shape index (κ1) is 22.7. The van der Waals surface area contributed by atoms with Gasteiger partial charge in [-0.15, -0.1) is 11.3 Å². The van der Waals surface area contributed by atoms with Gasteiger partial charge in [0.1, 0.15) is 0 Å². The summed E-state index contributed by atoms with van der Waals surface area (Å²) in [5, 5.41) is 5.17. The largest absolute Gasteiger partial charge is 0.307 e. The van der Waals surface area contributed by atoms with Crippen LogP contribution in [0.2, 0.25) is 0 Å². The van der Waals surface area contributed by atoms with Crippen molar-refractivity contribution in [3.63, 3.8) is 0 Å². The monoisotopic (exact) mass is 540 g/mol. The second kappa shape index (κ2) is 8.69. The smallest absolute Gasteiger partial charge is 0.0803 e. The molecule has 0 saturated carbocycles. The van der Waals surface area contributed by atoms with Gasteiger partial charge in [0.05, 0.1) is 22.1 Å². The van der Waals surface area contributed by atoms with Crippen molar-refractivity contribution in [1.82, 2.24) is 9.13 Å². The highest BCUT2D eigenvalue weighted by Gasteiger charge is 2.21. The Labute approximate surface area is 240 Å². The maximum absolute atomic E-state index is 2.44. The molecular weight excluding hydrogens is 516 g/mol. The average Bonchev–Trinajstić information content (AvgIpc) is 3.69. The van der Waals surface area contributed by atoms with Gasteiger partial charge in [-0.25, -0.2) is 0 Å². The van der Waals surface area contributed by atoms with Gasteiger partial charge in [0, 0.05) is 42.3 Å². The van der Waals surface area contributed by atoms with Crippen molar-refractivity contribution in [2.24, 2.45) is 0 Å². The third kappa shape index (κ3) is 3.24. The highest BCUT2D eigenvalue weighted by Crippen LogP contribution is 2.42. The molecular formula is C38H24N2S. The van der Waals surface area contributed by atoms with Gasteiger partial charge in [-0.05, 0) is 53.6 Å². The van der Waals surface area contributed by atoms with Crippen molar-refractivity contribution < 1.29 is 0 Å². The lowest BCUT2D eigenvalue weighted by molar-refractivity contribution is 1.17. The van der Waals surface area contributed by atoms with E-state index in [9.17, 15) is 0 Å². The van der Waals surface area contributed by atoms with Gasteiger partial charge in [0.15, 0.2) is 0 Å². The van der Waals surface area contributed by atoms with Crippen molar-refractivity contribution in [3.05, 3.63) is 146 Å². The van der Waals surface area contributed by atoms with Gasteiger partial charge in [-0.2, -0.15) is 0 Å². The molecule has 3 aromatic heterocycles. The fourth-order valence-electron chi connectivity index (χ4n) is 6.56. The summed E-state index contributed by atoms with van der Waals surface area (Å²) < 4.78 is 7.54. The molecule has 41 heavy (non-hydrogen) atoms. The molecule has 9 rings (SSSR count). The first-order valence-corrected chi connectivity index (χ1v) is 14.8. The van der Waals surface area contributed by atoms with E-state index < -0.39 is 0 Å². The van der Waals surface area contributed by atoms with E-state index in [2.05, 4.69) is 155 Å². The van der Waals surface area contributed by atoms with Crippen LogP contribution in [0.15, 0.2) is 146 Å². The Bertz CT molecular complexity index is 2400. The zero-order valence-corrected chi connectivity index (χ0v) is 23.0. The summed E-state index contributed by atoms with van der Waals surface area (Å²) in [6.45, 7) is 0. The first-order valence-electron chi connectivity index (χ1n) is 14.0. The summed E-state index contributed by atoms with van der Waals surface area (Å²) in [5.41, 5.74) is 9.79. The number of hydrogen-bond acceptors (Lipinski definition) is 1. The molecule has 0 amide bonds. The van der Waals surface area contributed by atoms with Gasteiger partial charge in [-0.1, -0.05) is 103 Å². The summed E-state index contributed by atoms with van der Waals surface area (Å²) in [4.78, 5) is 0. The molecule has 0 fully saturated rings. The fraction of sp³-hybridized carbons (Fsp3) is 0. The molecule has 0 radical (unpaired) electrons. The van der Waals surface area contributed by atoms with Crippen LogP contribution in [-0.4, -0.2) is 9.13 Å². The Kier molecular flexibility index (Phi) is 4.80. The Balaban J connectivity index is 1.30. The van der Waals surface area contributed by atoms with Gasteiger partial charge in [-0.3, -0.25) is 0 Å². The van der Waals surface area contributed by atoms with Crippen molar-refractivity contribution in [2.45, 2.75) is 0 Å². The lowest BCUT2D eigenvalue weighted by atomic mass is 10.0. The molecule has 0 bridgehead atoms. The van der Waals surface area contributed by atoms with Crippen LogP contribution in [0, 0.1) is 0 Å². The second-order valence-electron chi connectivity index (χ2n) is 10.6. The molecule has 3 heteroatoms. The van der Waals surface area contributed by atoms with Crippen LogP contribution in [0.1, 0.15) is 0 Å². The number of hydrogen-bond donors (Lipinski definition) is 0. The van der Waals surface area contributed by atoms with E-state index in [1.807, 2.05) is 11.3 Å². The van der Waals surface area contributed by atoms with E-state index >= 15 is 0 Å². The third-order valence-electron chi connectivity index (χ3n) is 8.33. The SMILES string of the molecule is c1ccc(-n2c3ccccc3c3c2c2ccccc2n3-c2ccc(-c3cccc4c3sc3ccccc34)cc2)cc1. The molecule has 0 saturated heterocycles. The van der Waals surface area contributed by atoms with Gasteiger partial charge in [0.2, 0.25) is 0 Å². The minimum Gasteiger partial charge on any atom is -0.307 e. The summed E-state index contributed by atoms with van der Waals surface area (Å²) in [7, 11) is 0. The van der Waals surface area contributed by atoms with Crippen LogP contribution in [0.3, 0.4) is 0 Å². The fourth-order valence-corrected chi connectivity index (χ4v) is 7.80. The van der Waals surface area contributed by atoms with E-state index in [1.165, 1.54) is 75.5 Å². The number of aromatic nitrogens is 2. The first-order chi connectivity index (χ1) is 20.4. The highest BCUT2D eigenvalue weighted by atomic mass is 32.1. The molecule has 0 aliphatic heterocycles. The van der Waals surface area contributed by atoms with E-state index in [4.69, 9.17) is 0 Å². The molecule has 0 spiro atoms. The van der Waals surface area contributed by atoms with Crippen molar-refractivity contribution >= 4 is 64.3 Å². The molecule has 6 aromatic carbocycles. The lowest BCUT2D eigenvalue weighted by Gasteiger charge is -2.10. The molecule has 0 aliphatic carbocycles. The van der Waals surface area contributed by atoms with Gasteiger partial charge < -0.3 is 9.13 Å². The summed E-state index contributed by atoms with van der Waals surface area (Å²) in [6, 6.07) is 52.8. The summed E-state index contributed by atoms with van der Waals surface area (Å²) in [5.74, 6) is 0. The summed E-state index contributed by atoms with van der Waals surface area (Å²) in [6.07, 6.45) is 0. The van der Waals surface area contributed by atoms with Crippen LogP contribution in [0.25, 0.3) is 75.5 Å². The Morgan fingerprint density at radius 1 is 0.390 bits per heavy atom. The van der Waals surface area contributed by atoms with Gasteiger partial charge >= 0.3 is 0 Å². The van der Waals surface area contributed by atoms with Crippen LogP contribution < -0.4 is 0 Å². The number of benzene rings is 6. The topological polar surface area (TPSA) is 9.86 Å². The van der Waals surface area contributed by atoms with Crippen molar-refractivity contribution in [2.75, 3.05) is 0 Å². The number of thiophene rings is 1. The minimum absolute atomic E-state index is 1.17. The molecule has 0 N–H and O–H groups in total. The summed E-state index contributed by atoms with van der Waals surface area (Å²) >= 11 is 1.88. The maximum atomic E-state index is 2.44. The van der Waals surface area contributed by atoms with Crippen LogP contribution in [0.5, 0.6) is 0 Å². The molecule has 9 aromatic rings. The number of rotatable bonds is 3. The third-order valence-corrected chi connectivity index (χ3v) is 9.55. The van der Waals surface area contributed by atoms with E-state index in [1.54, 1.807) is 0 Å². The number of nitrogens with zero attached hydrogens (tertiary/aromatic N) is 2. The maximum Gasteiger partial charge on any atom is 0.0803 e. The second-order valence-corrected chi connectivity index (χ2v) is 11.6. The van der Waals surface area contributed by atoms with Crippen molar-refractivity contribution in [1.29, 1.82) is 0 Å². The normalized spacial score (nSPS) is 11.9. The van der Waals surface area contributed by atoms with E-state index in [0.29, 0.717) is 0 Å².